The Kier molecular flexibility index (Phi) is 8.43. The molecule has 1 unspecified atom stereocenters. The van der Waals surface area contributed by atoms with Crippen LogP contribution in [0.25, 0.3) is 0 Å². The lowest BCUT2D eigenvalue weighted by atomic mass is 9.92. The van der Waals surface area contributed by atoms with Crippen molar-refractivity contribution in [2.45, 2.75) is 74.6 Å². The van der Waals surface area contributed by atoms with Gasteiger partial charge in [-0.25, -0.2) is 8.51 Å². The van der Waals surface area contributed by atoms with Crippen LogP contribution in [0.15, 0.2) is 0 Å². The fourth-order valence-corrected chi connectivity index (χ4v) is 5.58. The third-order valence-electron chi connectivity index (χ3n) is 5.85. The maximum Gasteiger partial charge on any atom is 0.453 e. The summed E-state index contributed by atoms with van der Waals surface area (Å²) in [5.74, 6) is -5.43. The van der Waals surface area contributed by atoms with Gasteiger partial charge in [-0.15, -0.1) is 0 Å². The molecule has 2 aliphatic rings. The van der Waals surface area contributed by atoms with Gasteiger partial charge in [0.05, 0.1) is 0 Å². The van der Waals surface area contributed by atoms with E-state index in [0.29, 0.717) is 38.8 Å². The summed E-state index contributed by atoms with van der Waals surface area (Å²) in [5, 5.41) is 9.62. The lowest BCUT2D eigenvalue weighted by Crippen LogP contribution is -2.54. The van der Waals surface area contributed by atoms with E-state index in [1.165, 1.54) is 0 Å². The Hall–Kier alpha value is -0.810. The van der Waals surface area contributed by atoms with E-state index in [1.807, 2.05) is 0 Å². The summed E-state index contributed by atoms with van der Waals surface area (Å²) in [5.41, 5.74) is 0. The molecule has 2 heterocycles. The maximum absolute atomic E-state index is 12.9. The van der Waals surface area contributed by atoms with Crippen molar-refractivity contribution in [3.8, 4) is 0 Å². The Morgan fingerprint density at radius 1 is 1.07 bits per heavy atom. The van der Waals surface area contributed by atoms with Crippen molar-refractivity contribution < 1.29 is 40.8 Å². The van der Waals surface area contributed by atoms with Crippen LogP contribution < -0.4 is 0 Å². The Balaban J connectivity index is 1.71. The van der Waals surface area contributed by atoms with Crippen molar-refractivity contribution in [3.63, 3.8) is 0 Å². The van der Waals surface area contributed by atoms with Gasteiger partial charge in [-0.1, -0.05) is 19.3 Å². The molecule has 0 spiro atoms. The predicted molar refractivity (Wildman–Crippen MR) is 96.9 cm³/mol. The second kappa shape index (κ2) is 10.00. The van der Waals surface area contributed by atoms with Gasteiger partial charge in [-0.3, -0.25) is 4.79 Å². The number of carbonyl (C=O) groups is 1. The van der Waals surface area contributed by atoms with E-state index in [2.05, 4.69) is 0 Å². The molecule has 0 aromatic rings. The van der Waals surface area contributed by atoms with Gasteiger partial charge in [-0.2, -0.15) is 22.0 Å². The Labute approximate surface area is 169 Å². The molecule has 0 saturated carbocycles. The molecule has 0 bridgehead atoms. The van der Waals surface area contributed by atoms with Gasteiger partial charge in [0.15, 0.2) is 4.75 Å². The monoisotopic (exact) mass is 449 g/mol. The number of piperidine rings is 1. The van der Waals surface area contributed by atoms with Gasteiger partial charge >= 0.3 is 18.1 Å². The molecule has 1 N–H and O–H groups in total. The number of alkyl halides is 5. The standard InChI is InChI=1S/C18H28F5NO4S/c19-17(20,18(21,22)23)7-3-1-2-4-14-5-10-24(11-6-14)29(27)16(15(25)26)8-12-28-13-9-16/h14H,1-13H2,(H,25,26). The van der Waals surface area contributed by atoms with Crippen molar-refractivity contribution in [1.82, 2.24) is 4.31 Å². The van der Waals surface area contributed by atoms with E-state index in [1.54, 1.807) is 4.31 Å². The molecule has 0 aromatic carbocycles. The van der Waals surface area contributed by atoms with E-state index in [4.69, 9.17) is 4.74 Å². The molecular weight excluding hydrogens is 421 g/mol. The molecule has 2 aliphatic heterocycles. The fourth-order valence-electron chi connectivity index (χ4n) is 3.87. The van der Waals surface area contributed by atoms with Gasteiger partial charge in [0.1, 0.15) is 11.0 Å². The van der Waals surface area contributed by atoms with Crippen LogP contribution in [0.5, 0.6) is 0 Å². The molecule has 2 saturated heterocycles. The first kappa shape index (κ1) is 24.5. The van der Waals surface area contributed by atoms with Crippen LogP contribution >= 0.6 is 0 Å². The number of carboxylic acids is 1. The third-order valence-corrected chi connectivity index (χ3v) is 7.94. The lowest BCUT2D eigenvalue weighted by Gasteiger charge is -2.39. The fraction of sp³-hybridized carbons (Fsp3) is 0.944. The summed E-state index contributed by atoms with van der Waals surface area (Å²) < 4.78 is 80.6. The van der Waals surface area contributed by atoms with Crippen molar-refractivity contribution in [2.75, 3.05) is 26.3 Å². The molecule has 2 rings (SSSR count). The number of ether oxygens (including phenoxy) is 1. The van der Waals surface area contributed by atoms with Gasteiger partial charge in [0, 0.05) is 32.7 Å². The number of rotatable bonds is 9. The highest BCUT2D eigenvalue weighted by Crippen LogP contribution is 2.39. The third kappa shape index (κ3) is 6.10. The number of unbranched alkanes of at least 4 members (excludes halogenated alkanes) is 2. The van der Waals surface area contributed by atoms with E-state index in [0.717, 1.165) is 6.42 Å². The van der Waals surface area contributed by atoms with Gasteiger partial charge < -0.3 is 9.84 Å². The first-order valence-electron chi connectivity index (χ1n) is 9.92. The molecule has 0 aliphatic carbocycles. The first-order valence-corrected chi connectivity index (χ1v) is 11.0. The summed E-state index contributed by atoms with van der Waals surface area (Å²) >= 11 is 0. The number of nitrogens with zero attached hydrogens (tertiary/aromatic N) is 1. The smallest absolute Gasteiger partial charge is 0.453 e. The summed E-state index contributed by atoms with van der Waals surface area (Å²) in [6.07, 6.45) is -3.45. The van der Waals surface area contributed by atoms with Gasteiger partial charge in [-0.05, 0) is 38.0 Å². The maximum atomic E-state index is 12.9. The van der Waals surface area contributed by atoms with E-state index in [9.17, 15) is 36.1 Å². The molecule has 0 radical (unpaired) electrons. The zero-order chi connectivity index (χ0) is 21.7. The number of halogens is 5. The number of aliphatic carboxylic acids is 1. The van der Waals surface area contributed by atoms with Gasteiger partial charge in [0.25, 0.3) is 0 Å². The largest absolute Gasteiger partial charge is 0.480 e. The molecule has 0 amide bonds. The average molecular weight is 449 g/mol. The zero-order valence-electron chi connectivity index (χ0n) is 16.2. The molecule has 11 heteroatoms. The minimum atomic E-state index is -5.49. The second-order valence-electron chi connectivity index (χ2n) is 7.83. The zero-order valence-corrected chi connectivity index (χ0v) is 17.0. The highest BCUT2D eigenvalue weighted by molar-refractivity contribution is 7.85. The van der Waals surface area contributed by atoms with Crippen LogP contribution in [0.1, 0.15) is 57.8 Å². The molecule has 170 valence electrons. The van der Waals surface area contributed by atoms with Crippen LogP contribution in [0.3, 0.4) is 0 Å². The number of hydrogen-bond acceptors (Lipinski definition) is 3. The summed E-state index contributed by atoms with van der Waals surface area (Å²) in [6.45, 7) is 1.50. The molecule has 2 fully saturated rings. The SMILES string of the molecule is O=C(O)C1(S(=O)N2CCC(CCCCCC(F)(F)C(F)(F)F)CC2)CCOCC1. The highest BCUT2D eigenvalue weighted by atomic mass is 32.2. The van der Waals surface area contributed by atoms with E-state index in [-0.39, 0.29) is 38.4 Å². The van der Waals surface area contributed by atoms with Crippen LogP contribution in [-0.4, -0.2) is 62.7 Å². The molecule has 5 nitrogen and oxygen atoms in total. The van der Waals surface area contributed by atoms with Crippen LogP contribution in [-0.2, 0) is 20.5 Å². The summed E-state index contributed by atoms with van der Waals surface area (Å²) in [7, 11) is -1.66. The first-order chi connectivity index (χ1) is 13.5. The number of hydrogen-bond donors (Lipinski definition) is 1. The van der Waals surface area contributed by atoms with Crippen LogP contribution in [0.4, 0.5) is 22.0 Å². The van der Waals surface area contributed by atoms with Crippen LogP contribution in [0, 0.1) is 5.92 Å². The Bertz CT molecular complexity index is 573. The normalized spacial score (nSPS) is 23.1. The van der Waals surface area contributed by atoms with Crippen molar-refractivity contribution >= 4 is 17.0 Å². The molecule has 29 heavy (non-hydrogen) atoms. The van der Waals surface area contributed by atoms with Crippen molar-refractivity contribution in [2.24, 2.45) is 5.92 Å². The highest BCUT2D eigenvalue weighted by Gasteiger charge is 2.56. The van der Waals surface area contributed by atoms with Crippen LogP contribution in [0.2, 0.25) is 0 Å². The minimum Gasteiger partial charge on any atom is -0.480 e. The van der Waals surface area contributed by atoms with E-state index >= 15 is 0 Å². The number of carboxylic acid groups (broad SMARTS) is 1. The Morgan fingerprint density at radius 2 is 1.66 bits per heavy atom. The lowest BCUT2D eigenvalue weighted by molar-refractivity contribution is -0.284. The molecule has 0 aromatic heterocycles. The molecular formula is C18H28F5NO4S. The van der Waals surface area contributed by atoms with Crippen molar-refractivity contribution in [1.29, 1.82) is 0 Å². The topological polar surface area (TPSA) is 66.8 Å². The van der Waals surface area contributed by atoms with E-state index < -0.39 is 40.2 Å². The summed E-state index contributed by atoms with van der Waals surface area (Å²) in [4.78, 5) is 11.8. The van der Waals surface area contributed by atoms with Crippen molar-refractivity contribution in [3.05, 3.63) is 0 Å². The van der Waals surface area contributed by atoms with Gasteiger partial charge in [0.2, 0.25) is 0 Å². The average Bonchev–Trinajstić information content (AvgIpc) is 2.67. The Morgan fingerprint density at radius 3 is 2.17 bits per heavy atom. The second-order valence-corrected chi connectivity index (χ2v) is 9.63. The quantitative estimate of drug-likeness (QED) is 0.424. The molecule has 1 atom stereocenters. The summed E-state index contributed by atoms with van der Waals surface area (Å²) in [6, 6.07) is 0. The predicted octanol–water partition coefficient (Wildman–Crippen LogP) is 4.14. The minimum absolute atomic E-state index is 0.182.